The second-order valence-corrected chi connectivity index (χ2v) is 8.29. The first kappa shape index (κ1) is 19.1. The fraction of sp³-hybridized carbons (Fsp3) is 0.591. The van der Waals surface area contributed by atoms with Crippen molar-refractivity contribution in [3.63, 3.8) is 0 Å². The monoisotopic (exact) mass is 383 g/mol. The minimum atomic E-state index is -0.642. The van der Waals surface area contributed by atoms with Crippen LogP contribution in [0.15, 0.2) is 28.8 Å². The predicted molar refractivity (Wildman–Crippen MR) is 105 cm³/mol. The molecule has 28 heavy (non-hydrogen) atoms. The number of benzene rings is 1. The lowest BCUT2D eigenvalue weighted by Gasteiger charge is -2.36. The molecule has 1 aromatic carbocycles. The summed E-state index contributed by atoms with van der Waals surface area (Å²) in [6.45, 7) is 5.21. The highest BCUT2D eigenvalue weighted by Gasteiger charge is 2.43. The Morgan fingerprint density at radius 1 is 1.21 bits per heavy atom. The standard InChI is InChI=1S/C22H29N3O3/c1-15(2)19-23-21(28-25-19)22(11-13-27-14-12-22)24-20(26)18-10-6-4-8-16-7-3-5-9-17(16)18/h3,5,7,9,15,18H,4,6,8,10-14H2,1-2H3,(H,24,26)/t18-/m1/s1. The number of nitrogens with one attached hydrogen (secondary N) is 1. The van der Waals surface area contributed by atoms with Crippen LogP contribution in [0.1, 0.15) is 80.6 Å². The predicted octanol–water partition coefficient (Wildman–Crippen LogP) is 3.83. The van der Waals surface area contributed by atoms with Crippen molar-refractivity contribution in [1.82, 2.24) is 15.5 Å². The molecule has 1 atom stereocenters. The van der Waals surface area contributed by atoms with E-state index in [0.717, 1.165) is 31.2 Å². The molecule has 1 saturated heterocycles. The van der Waals surface area contributed by atoms with Gasteiger partial charge in [0.1, 0.15) is 5.54 Å². The maximum atomic E-state index is 13.5. The van der Waals surface area contributed by atoms with Crippen molar-refractivity contribution in [2.24, 2.45) is 0 Å². The smallest absolute Gasteiger partial charge is 0.252 e. The van der Waals surface area contributed by atoms with Gasteiger partial charge in [-0.2, -0.15) is 4.98 Å². The Bertz CT molecular complexity index is 824. The maximum Gasteiger partial charge on any atom is 0.252 e. The van der Waals surface area contributed by atoms with Crippen molar-refractivity contribution in [2.45, 2.75) is 69.7 Å². The summed E-state index contributed by atoms with van der Waals surface area (Å²) < 4.78 is 11.2. The first-order valence-electron chi connectivity index (χ1n) is 10.4. The van der Waals surface area contributed by atoms with Crippen LogP contribution in [-0.2, 0) is 21.5 Å². The zero-order valence-electron chi connectivity index (χ0n) is 16.7. The van der Waals surface area contributed by atoms with Gasteiger partial charge < -0.3 is 14.6 Å². The summed E-state index contributed by atoms with van der Waals surface area (Å²) in [5.41, 5.74) is 1.81. The van der Waals surface area contributed by atoms with E-state index in [1.807, 2.05) is 19.9 Å². The van der Waals surface area contributed by atoms with Gasteiger partial charge in [-0.15, -0.1) is 0 Å². The zero-order chi connectivity index (χ0) is 19.6. The van der Waals surface area contributed by atoms with Gasteiger partial charge >= 0.3 is 0 Å². The van der Waals surface area contributed by atoms with Gasteiger partial charge in [0.25, 0.3) is 5.89 Å². The molecule has 4 rings (SSSR count). The average Bonchev–Trinajstić information content (AvgIpc) is 3.11. The third kappa shape index (κ3) is 3.70. The first-order valence-corrected chi connectivity index (χ1v) is 10.4. The molecule has 0 spiro atoms. The molecule has 0 unspecified atom stereocenters. The van der Waals surface area contributed by atoms with Crippen LogP contribution < -0.4 is 5.32 Å². The lowest BCUT2D eigenvalue weighted by atomic mass is 9.86. The Morgan fingerprint density at radius 2 is 2.00 bits per heavy atom. The number of nitrogens with zero attached hydrogens (tertiary/aromatic N) is 2. The lowest BCUT2D eigenvalue weighted by molar-refractivity contribution is -0.126. The Morgan fingerprint density at radius 3 is 2.75 bits per heavy atom. The summed E-state index contributed by atoms with van der Waals surface area (Å²) in [5.74, 6) is 1.29. The molecule has 2 heterocycles. The van der Waals surface area contributed by atoms with E-state index >= 15 is 0 Å². The SMILES string of the molecule is CC(C)c1noc(C2(NC(=O)[C@@H]3CCCCc4ccccc43)CCOCC2)n1. The number of aromatic nitrogens is 2. The average molecular weight is 383 g/mol. The molecule has 1 amide bonds. The van der Waals surface area contributed by atoms with E-state index in [4.69, 9.17) is 9.26 Å². The molecule has 0 radical (unpaired) electrons. The normalized spacial score (nSPS) is 21.8. The van der Waals surface area contributed by atoms with Crippen LogP contribution in [0, 0.1) is 0 Å². The molecule has 6 heteroatoms. The molecule has 1 fully saturated rings. The molecule has 0 saturated carbocycles. The van der Waals surface area contributed by atoms with Crippen molar-refractivity contribution in [3.8, 4) is 0 Å². The molecule has 1 N–H and O–H groups in total. The summed E-state index contributed by atoms with van der Waals surface area (Å²) >= 11 is 0. The van der Waals surface area contributed by atoms with Crippen LogP contribution in [-0.4, -0.2) is 29.3 Å². The van der Waals surface area contributed by atoms with Crippen molar-refractivity contribution >= 4 is 5.91 Å². The lowest BCUT2D eigenvalue weighted by Crippen LogP contribution is -2.51. The van der Waals surface area contributed by atoms with Crippen molar-refractivity contribution in [2.75, 3.05) is 13.2 Å². The van der Waals surface area contributed by atoms with E-state index in [0.29, 0.717) is 37.8 Å². The number of hydrogen-bond donors (Lipinski definition) is 1. The fourth-order valence-corrected chi connectivity index (χ4v) is 4.29. The highest BCUT2D eigenvalue weighted by atomic mass is 16.5. The zero-order valence-corrected chi connectivity index (χ0v) is 16.7. The fourth-order valence-electron chi connectivity index (χ4n) is 4.29. The summed E-state index contributed by atoms with van der Waals surface area (Å²) in [6, 6.07) is 8.34. The molecule has 1 aromatic heterocycles. The molecule has 1 aliphatic carbocycles. The highest BCUT2D eigenvalue weighted by molar-refractivity contribution is 5.85. The number of aryl methyl sites for hydroxylation is 1. The van der Waals surface area contributed by atoms with E-state index in [1.165, 1.54) is 5.56 Å². The topological polar surface area (TPSA) is 77.2 Å². The number of ether oxygens (including phenoxy) is 1. The number of amides is 1. The first-order chi connectivity index (χ1) is 13.6. The van der Waals surface area contributed by atoms with E-state index < -0.39 is 5.54 Å². The largest absolute Gasteiger partial charge is 0.381 e. The van der Waals surface area contributed by atoms with Crippen molar-refractivity contribution in [3.05, 3.63) is 47.1 Å². The maximum absolute atomic E-state index is 13.5. The Hall–Kier alpha value is -2.21. The molecule has 150 valence electrons. The van der Waals surface area contributed by atoms with Gasteiger partial charge in [-0.05, 0) is 30.4 Å². The molecule has 6 nitrogen and oxygen atoms in total. The second kappa shape index (κ2) is 8.03. The number of hydrogen-bond acceptors (Lipinski definition) is 5. The highest BCUT2D eigenvalue weighted by Crippen LogP contribution is 2.35. The van der Waals surface area contributed by atoms with E-state index in [2.05, 4.69) is 33.7 Å². The minimum Gasteiger partial charge on any atom is -0.381 e. The quantitative estimate of drug-likeness (QED) is 0.812. The third-order valence-electron chi connectivity index (χ3n) is 6.01. The number of rotatable bonds is 4. The Balaban J connectivity index is 1.63. The van der Waals surface area contributed by atoms with Gasteiger partial charge in [0.2, 0.25) is 5.91 Å². The van der Waals surface area contributed by atoms with Gasteiger partial charge in [-0.1, -0.05) is 49.7 Å². The summed E-state index contributed by atoms with van der Waals surface area (Å²) in [7, 11) is 0. The number of fused-ring (bicyclic) bond motifs is 1. The van der Waals surface area contributed by atoms with Gasteiger partial charge in [0.05, 0.1) is 5.92 Å². The molecule has 2 aliphatic rings. The van der Waals surface area contributed by atoms with Gasteiger partial charge in [-0.3, -0.25) is 4.79 Å². The Labute approximate surface area is 166 Å². The van der Waals surface area contributed by atoms with Crippen LogP contribution in [0.2, 0.25) is 0 Å². The van der Waals surface area contributed by atoms with Gasteiger partial charge in [0, 0.05) is 32.0 Å². The van der Waals surface area contributed by atoms with Crippen molar-refractivity contribution < 1.29 is 14.1 Å². The van der Waals surface area contributed by atoms with E-state index in [9.17, 15) is 4.79 Å². The summed E-state index contributed by atoms with van der Waals surface area (Å²) in [6.07, 6.45) is 5.39. The summed E-state index contributed by atoms with van der Waals surface area (Å²) in [4.78, 5) is 18.1. The van der Waals surface area contributed by atoms with E-state index in [-0.39, 0.29) is 17.7 Å². The van der Waals surface area contributed by atoms with E-state index in [1.54, 1.807) is 0 Å². The number of carbonyl (C=O) groups excluding carboxylic acids is 1. The van der Waals surface area contributed by atoms with Gasteiger partial charge in [0.15, 0.2) is 5.82 Å². The molecule has 1 aliphatic heterocycles. The molecular formula is C22H29N3O3. The van der Waals surface area contributed by atoms with Gasteiger partial charge in [-0.25, -0.2) is 0 Å². The van der Waals surface area contributed by atoms with Crippen LogP contribution >= 0.6 is 0 Å². The van der Waals surface area contributed by atoms with Crippen LogP contribution in [0.3, 0.4) is 0 Å². The minimum absolute atomic E-state index is 0.0561. The van der Waals surface area contributed by atoms with Crippen molar-refractivity contribution in [1.29, 1.82) is 0 Å². The Kier molecular flexibility index (Phi) is 5.49. The van der Waals surface area contributed by atoms with Crippen LogP contribution in [0.4, 0.5) is 0 Å². The summed E-state index contributed by atoms with van der Waals surface area (Å²) in [5, 5.41) is 7.45. The molecular weight excluding hydrogens is 354 g/mol. The van der Waals surface area contributed by atoms with Crippen LogP contribution in [0.25, 0.3) is 0 Å². The third-order valence-corrected chi connectivity index (χ3v) is 6.01. The van der Waals surface area contributed by atoms with Crippen LogP contribution in [0.5, 0.6) is 0 Å². The molecule has 0 bridgehead atoms. The number of carbonyl (C=O) groups is 1. The molecule has 2 aromatic rings. The second-order valence-electron chi connectivity index (χ2n) is 8.29.